The molecular weight excluding hydrogens is 240 g/mol. The lowest BCUT2D eigenvalue weighted by atomic mass is 10.0. The van der Waals surface area contributed by atoms with E-state index < -0.39 is 6.10 Å². The van der Waals surface area contributed by atoms with Crippen molar-refractivity contribution in [1.82, 2.24) is 5.32 Å². The Hall–Kier alpha value is -0.940. The molecule has 1 unspecified atom stereocenters. The van der Waals surface area contributed by atoms with Gasteiger partial charge in [0, 0.05) is 25.7 Å². The quantitative estimate of drug-likeness (QED) is 0.678. The van der Waals surface area contributed by atoms with E-state index in [0.29, 0.717) is 19.1 Å². The van der Waals surface area contributed by atoms with E-state index in [1.165, 1.54) is 0 Å². The van der Waals surface area contributed by atoms with Crippen LogP contribution in [0.15, 0.2) is 30.3 Å². The Labute approximate surface area is 115 Å². The summed E-state index contributed by atoms with van der Waals surface area (Å²) in [5.41, 5.74) is 7.18. The first kappa shape index (κ1) is 14.5. The van der Waals surface area contributed by atoms with Crippen molar-refractivity contribution in [1.29, 1.82) is 0 Å². The van der Waals surface area contributed by atoms with Crippen molar-refractivity contribution < 1.29 is 9.84 Å². The summed E-state index contributed by atoms with van der Waals surface area (Å²) in [5.74, 6) is 0. The fourth-order valence-electron chi connectivity index (χ4n) is 2.37. The minimum absolute atomic E-state index is 0.237. The van der Waals surface area contributed by atoms with Gasteiger partial charge in [0.2, 0.25) is 0 Å². The van der Waals surface area contributed by atoms with E-state index in [2.05, 4.69) is 5.32 Å². The zero-order chi connectivity index (χ0) is 13.5. The molecule has 1 aromatic rings. The number of ether oxygens (including phenoxy) is 1. The first-order chi connectivity index (χ1) is 9.25. The SMILES string of the molecule is NC(Cc1ccccc1)[C@H](O)CNC[C@@H]1CCCO1. The third kappa shape index (κ3) is 4.91. The second-order valence-electron chi connectivity index (χ2n) is 5.21. The summed E-state index contributed by atoms with van der Waals surface area (Å²) in [4.78, 5) is 0. The number of hydrogen-bond donors (Lipinski definition) is 3. The minimum Gasteiger partial charge on any atom is -0.390 e. The maximum Gasteiger partial charge on any atom is 0.0818 e. The van der Waals surface area contributed by atoms with Crippen LogP contribution in [0.1, 0.15) is 18.4 Å². The summed E-state index contributed by atoms with van der Waals surface area (Å²) < 4.78 is 5.52. The van der Waals surface area contributed by atoms with Crippen LogP contribution in [0.25, 0.3) is 0 Å². The van der Waals surface area contributed by atoms with Crippen molar-refractivity contribution in [3.05, 3.63) is 35.9 Å². The van der Waals surface area contributed by atoms with Crippen LogP contribution in [0.5, 0.6) is 0 Å². The topological polar surface area (TPSA) is 67.5 Å². The lowest BCUT2D eigenvalue weighted by Gasteiger charge is -2.20. The van der Waals surface area contributed by atoms with Gasteiger partial charge in [0.1, 0.15) is 0 Å². The van der Waals surface area contributed by atoms with E-state index in [0.717, 1.165) is 31.6 Å². The summed E-state index contributed by atoms with van der Waals surface area (Å²) in [6.07, 6.45) is 2.73. The second-order valence-corrected chi connectivity index (χ2v) is 5.21. The van der Waals surface area contributed by atoms with Gasteiger partial charge in [0.05, 0.1) is 12.2 Å². The number of hydrogen-bond acceptors (Lipinski definition) is 4. The molecule has 0 spiro atoms. The van der Waals surface area contributed by atoms with Gasteiger partial charge in [0.15, 0.2) is 0 Å². The molecule has 0 radical (unpaired) electrons. The molecule has 2 rings (SSSR count). The molecule has 4 heteroatoms. The maximum atomic E-state index is 10.0. The van der Waals surface area contributed by atoms with Gasteiger partial charge in [-0.1, -0.05) is 30.3 Å². The molecule has 1 aliphatic rings. The largest absolute Gasteiger partial charge is 0.390 e. The van der Waals surface area contributed by atoms with Crippen LogP contribution in [0.3, 0.4) is 0 Å². The highest BCUT2D eigenvalue weighted by atomic mass is 16.5. The summed E-state index contributed by atoms with van der Waals surface area (Å²) in [6.45, 7) is 2.19. The molecule has 0 bridgehead atoms. The Morgan fingerprint density at radius 1 is 1.37 bits per heavy atom. The smallest absolute Gasteiger partial charge is 0.0818 e. The Morgan fingerprint density at radius 3 is 2.84 bits per heavy atom. The van der Waals surface area contributed by atoms with E-state index in [1.807, 2.05) is 30.3 Å². The normalized spacial score (nSPS) is 22.3. The molecule has 0 aliphatic carbocycles. The van der Waals surface area contributed by atoms with Crippen LogP contribution in [-0.4, -0.2) is 43.1 Å². The zero-order valence-electron chi connectivity index (χ0n) is 11.3. The van der Waals surface area contributed by atoms with Crippen LogP contribution in [-0.2, 0) is 11.2 Å². The third-order valence-corrected chi connectivity index (χ3v) is 3.56. The number of aliphatic hydroxyl groups is 1. The number of rotatable bonds is 7. The summed E-state index contributed by atoms with van der Waals surface area (Å²) in [7, 11) is 0. The molecule has 4 nitrogen and oxygen atoms in total. The van der Waals surface area contributed by atoms with Crippen molar-refractivity contribution in [2.75, 3.05) is 19.7 Å². The predicted octanol–water partition coefficient (Wildman–Crippen LogP) is 0.686. The lowest BCUT2D eigenvalue weighted by Crippen LogP contribution is -2.44. The summed E-state index contributed by atoms with van der Waals surface area (Å²) >= 11 is 0. The monoisotopic (exact) mass is 264 g/mol. The van der Waals surface area contributed by atoms with Gasteiger partial charge in [0.25, 0.3) is 0 Å². The van der Waals surface area contributed by atoms with Gasteiger partial charge >= 0.3 is 0 Å². The second kappa shape index (κ2) is 7.60. The van der Waals surface area contributed by atoms with Crippen LogP contribution >= 0.6 is 0 Å². The highest BCUT2D eigenvalue weighted by molar-refractivity contribution is 5.16. The van der Waals surface area contributed by atoms with Crippen LogP contribution in [0, 0.1) is 0 Å². The first-order valence-corrected chi connectivity index (χ1v) is 7.05. The molecule has 1 aromatic carbocycles. The van der Waals surface area contributed by atoms with Gasteiger partial charge in [-0.15, -0.1) is 0 Å². The number of aliphatic hydroxyl groups excluding tert-OH is 1. The molecule has 106 valence electrons. The van der Waals surface area contributed by atoms with Gasteiger partial charge in [-0.25, -0.2) is 0 Å². The Kier molecular flexibility index (Phi) is 5.79. The van der Waals surface area contributed by atoms with Gasteiger partial charge in [-0.05, 0) is 24.8 Å². The van der Waals surface area contributed by atoms with E-state index in [4.69, 9.17) is 10.5 Å². The molecule has 1 heterocycles. The van der Waals surface area contributed by atoms with E-state index in [1.54, 1.807) is 0 Å². The van der Waals surface area contributed by atoms with Crippen molar-refractivity contribution in [2.24, 2.45) is 5.73 Å². The van der Waals surface area contributed by atoms with Gasteiger partial charge in [-0.3, -0.25) is 0 Å². The average molecular weight is 264 g/mol. The van der Waals surface area contributed by atoms with Gasteiger partial charge in [-0.2, -0.15) is 0 Å². The molecule has 1 saturated heterocycles. The fraction of sp³-hybridized carbons (Fsp3) is 0.600. The van der Waals surface area contributed by atoms with E-state index in [9.17, 15) is 5.11 Å². The number of benzene rings is 1. The van der Waals surface area contributed by atoms with Gasteiger partial charge < -0.3 is 20.9 Å². The molecule has 19 heavy (non-hydrogen) atoms. The van der Waals surface area contributed by atoms with Crippen molar-refractivity contribution >= 4 is 0 Å². The lowest BCUT2D eigenvalue weighted by molar-refractivity contribution is 0.0990. The molecule has 3 atom stereocenters. The number of nitrogens with two attached hydrogens (primary N) is 1. The molecule has 1 aliphatic heterocycles. The molecular formula is C15H24N2O2. The minimum atomic E-state index is -0.526. The maximum absolute atomic E-state index is 10.0. The Morgan fingerprint density at radius 2 is 2.16 bits per heavy atom. The van der Waals surface area contributed by atoms with E-state index >= 15 is 0 Å². The predicted molar refractivity (Wildman–Crippen MR) is 76.0 cm³/mol. The molecule has 4 N–H and O–H groups in total. The molecule has 0 aromatic heterocycles. The summed E-state index contributed by atoms with van der Waals surface area (Å²) in [5, 5.41) is 13.3. The standard InChI is InChI=1S/C15H24N2O2/c16-14(9-12-5-2-1-3-6-12)15(18)11-17-10-13-7-4-8-19-13/h1-3,5-6,13-15,17-18H,4,7-11,16H2/t13-,14?,15+/m0/s1. The van der Waals surface area contributed by atoms with E-state index in [-0.39, 0.29) is 6.04 Å². The summed E-state index contributed by atoms with van der Waals surface area (Å²) in [6, 6.07) is 9.79. The highest BCUT2D eigenvalue weighted by Gasteiger charge is 2.18. The van der Waals surface area contributed by atoms with Crippen molar-refractivity contribution in [3.63, 3.8) is 0 Å². The number of nitrogens with one attached hydrogen (secondary N) is 1. The van der Waals surface area contributed by atoms with Crippen molar-refractivity contribution in [2.45, 2.75) is 37.5 Å². The molecule has 0 amide bonds. The van der Waals surface area contributed by atoms with Crippen LogP contribution in [0.4, 0.5) is 0 Å². The van der Waals surface area contributed by atoms with Crippen LogP contribution in [0.2, 0.25) is 0 Å². The average Bonchev–Trinajstić information content (AvgIpc) is 2.93. The third-order valence-electron chi connectivity index (χ3n) is 3.56. The zero-order valence-corrected chi connectivity index (χ0v) is 11.3. The fourth-order valence-corrected chi connectivity index (χ4v) is 2.37. The Balaban J connectivity index is 1.65. The Bertz CT molecular complexity index is 352. The molecule has 1 fully saturated rings. The van der Waals surface area contributed by atoms with Crippen molar-refractivity contribution in [3.8, 4) is 0 Å². The molecule has 0 saturated carbocycles. The van der Waals surface area contributed by atoms with Crippen LogP contribution < -0.4 is 11.1 Å². The highest BCUT2D eigenvalue weighted by Crippen LogP contribution is 2.10. The first-order valence-electron chi connectivity index (χ1n) is 7.05.